The van der Waals surface area contributed by atoms with E-state index >= 15 is 0 Å². The smallest absolute Gasteiger partial charge is 0.338 e. The first-order valence-electron chi connectivity index (χ1n) is 4.35. The van der Waals surface area contributed by atoms with Crippen molar-refractivity contribution in [1.29, 1.82) is 0 Å². The van der Waals surface area contributed by atoms with Crippen LogP contribution in [0, 0.1) is 5.82 Å². The molecule has 0 aromatic carbocycles. The first kappa shape index (κ1) is 11.3. The van der Waals surface area contributed by atoms with Crippen LogP contribution in [0.5, 0.6) is 0 Å². The van der Waals surface area contributed by atoms with Crippen LogP contribution in [-0.4, -0.2) is 29.7 Å². The number of nitrogens with one attached hydrogen (secondary N) is 1. The Bertz CT molecular complexity index is 391. The van der Waals surface area contributed by atoms with Gasteiger partial charge in [0.1, 0.15) is 0 Å². The third kappa shape index (κ3) is 2.85. The molecule has 0 bridgehead atoms. The molecule has 4 nitrogen and oxygen atoms in total. The fraction of sp³-hybridized carbons (Fsp3) is 0.200. The Labute approximate surface area is 86.5 Å². The van der Waals surface area contributed by atoms with E-state index in [0.717, 1.165) is 6.07 Å². The number of rotatable bonds is 4. The third-order valence-electron chi connectivity index (χ3n) is 1.74. The van der Waals surface area contributed by atoms with Crippen molar-refractivity contribution < 1.29 is 14.3 Å². The summed E-state index contributed by atoms with van der Waals surface area (Å²) in [6.07, 6.45) is 4.38. The Kier molecular flexibility index (Phi) is 3.93. The van der Waals surface area contributed by atoms with Gasteiger partial charge in [-0.1, -0.05) is 6.08 Å². The number of likely N-dealkylation sites (N-methyl/N-ethyl adjacent to an activating group) is 1. The molecule has 15 heavy (non-hydrogen) atoms. The fourth-order valence-electron chi connectivity index (χ4n) is 1.03. The van der Waals surface area contributed by atoms with Crippen LogP contribution >= 0.6 is 0 Å². The molecule has 0 saturated heterocycles. The number of hydrogen-bond donors (Lipinski definition) is 2. The van der Waals surface area contributed by atoms with Crippen LogP contribution in [0.3, 0.4) is 0 Å². The number of carbonyl (C=O) groups is 1. The first-order valence-corrected chi connectivity index (χ1v) is 4.35. The van der Waals surface area contributed by atoms with Crippen molar-refractivity contribution in [3.05, 3.63) is 35.4 Å². The third-order valence-corrected chi connectivity index (χ3v) is 1.74. The lowest BCUT2D eigenvalue weighted by molar-refractivity contribution is 0.0691. The highest BCUT2D eigenvalue weighted by Crippen LogP contribution is 2.11. The van der Waals surface area contributed by atoms with Gasteiger partial charge in [0.2, 0.25) is 0 Å². The summed E-state index contributed by atoms with van der Waals surface area (Å²) in [7, 11) is 1.75. The maximum absolute atomic E-state index is 13.4. The molecule has 0 spiro atoms. The van der Waals surface area contributed by atoms with Crippen molar-refractivity contribution in [2.75, 3.05) is 13.6 Å². The molecule has 0 aliphatic heterocycles. The summed E-state index contributed by atoms with van der Waals surface area (Å²) in [5.41, 5.74) is -0.334. The van der Waals surface area contributed by atoms with E-state index in [0.29, 0.717) is 6.54 Å². The van der Waals surface area contributed by atoms with Crippen LogP contribution in [0.4, 0.5) is 4.39 Å². The van der Waals surface area contributed by atoms with Gasteiger partial charge in [0, 0.05) is 12.7 Å². The molecule has 0 unspecified atom stereocenters. The second kappa shape index (κ2) is 5.21. The number of aromatic nitrogens is 1. The summed E-state index contributed by atoms with van der Waals surface area (Å²) in [5.74, 6) is -2.10. The molecular formula is C10H11FN2O2. The minimum absolute atomic E-state index is 0.0325. The largest absolute Gasteiger partial charge is 0.478 e. The van der Waals surface area contributed by atoms with Gasteiger partial charge in [-0.3, -0.25) is 4.98 Å². The Morgan fingerprint density at radius 2 is 2.47 bits per heavy atom. The van der Waals surface area contributed by atoms with E-state index in [1.165, 1.54) is 12.3 Å². The predicted molar refractivity (Wildman–Crippen MR) is 54.1 cm³/mol. The lowest BCUT2D eigenvalue weighted by Crippen LogP contribution is -2.05. The molecule has 0 amide bonds. The normalized spacial score (nSPS) is 10.8. The summed E-state index contributed by atoms with van der Waals surface area (Å²) < 4.78 is 13.4. The maximum atomic E-state index is 13.4. The molecule has 1 aromatic rings. The van der Waals surface area contributed by atoms with E-state index in [1.54, 1.807) is 13.1 Å². The van der Waals surface area contributed by atoms with Crippen molar-refractivity contribution in [3.8, 4) is 0 Å². The highest BCUT2D eigenvalue weighted by Gasteiger charge is 2.12. The van der Waals surface area contributed by atoms with Crippen LogP contribution in [0.25, 0.3) is 6.08 Å². The van der Waals surface area contributed by atoms with Crippen LogP contribution in [0.15, 0.2) is 18.3 Å². The SMILES string of the molecule is CNCC=Cc1nccc(C(=O)O)c1F. The molecule has 0 aliphatic rings. The number of aromatic carboxylic acids is 1. The van der Waals surface area contributed by atoms with E-state index < -0.39 is 11.8 Å². The number of carboxylic acid groups (broad SMARTS) is 1. The Hall–Kier alpha value is -1.75. The average Bonchev–Trinajstić information content (AvgIpc) is 2.20. The van der Waals surface area contributed by atoms with Crippen LogP contribution < -0.4 is 5.32 Å². The minimum atomic E-state index is -1.29. The van der Waals surface area contributed by atoms with Gasteiger partial charge in [-0.2, -0.15) is 0 Å². The highest BCUT2D eigenvalue weighted by atomic mass is 19.1. The van der Waals surface area contributed by atoms with Crippen molar-refractivity contribution in [3.63, 3.8) is 0 Å². The molecule has 1 heterocycles. The molecular weight excluding hydrogens is 199 g/mol. The standard InChI is InChI=1S/C10H11FN2O2/c1-12-5-2-3-8-9(11)7(10(14)15)4-6-13-8/h2-4,6,12H,5H2,1H3,(H,14,15). The summed E-state index contributed by atoms with van der Waals surface area (Å²) in [4.78, 5) is 14.3. The second-order valence-corrected chi connectivity index (χ2v) is 2.82. The molecule has 0 aliphatic carbocycles. The molecule has 0 fully saturated rings. The van der Waals surface area contributed by atoms with E-state index in [1.807, 2.05) is 0 Å². The van der Waals surface area contributed by atoms with Crippen molar-refractivity contribution in [2.24, 2.45) is 0 Å². The van der Waals surface area contributed by atoms with E-state index in [-0.39, 0.29) is 11.3 Å². The summed E-state index contributed by atoms with van der Waals surface area (Å²) in [5, 5.41) is 11.5. The first-order chi connectivity index (χ1) is 7.16. The lowest BCUT2D eigenvalue weighted by atomic mass is 10.2. The monoisotopic (exact) mass is 210 g/mol. The van der Waals surface area contributed by atoms with Crippen molar-refractivity contribution in [2.45, 2.75) is 0 Å². The summed E-state index contributed by atoms with van der Waals surface area (Å²) in [6, 6.07) is 1.13. The predicted octanol–water partition coefficient (Wildman–Crippen LogP) is 1.15. The maximum Gasteiger partial charge on any atom is 0.338 e. The number of carboxylic acids is 1. The number of hydrogen-bond acceptors (Lipinski definition) is 3. The van der Waals surface area contributed by atoms with Gasteiger partial charge < -0.3 is 10.4 Å². The number of nitrogens with zero attached hydrogens (tertiary/aromatic N) is 1. The Morgan fingerprint density at radius 1 is 1.73 bits per heavy atom. The van der Waals surface area contributed by atoms with E-state index in [2.05, 4.69) is 10.3 Å². The van der Waals surface area contributed by atoms with Crippen LogP contribution in [0.2, 0.25) is 0 Å². The van der Waals surface area contributed by atoms with E-state index in [9.17, 15) is 9.18 Å². The second-order valence-electron chi connectivity index (χ2n) is 2.82. The van der Waals surface area contributed by atoms with Gasteiger partial charge in [0.25, 0.3) is 0 Å². The Balaban J connectivity index is 2.99. The van der Waals surface area contributed by atoms with Gasteiger partial charge in [-0.25, -0.2) is 9.18 Å². The summed E-state index contributed by atoms with van der Waals surface area (Å²) in [6.45, 7) is 0.568. The van der Waals surface area contributed by atoms with Gasteiger partial charge in [-0.15, -0.1) is 0 Å². The molecule has 0 radical (unpaired) electrons. The quantitative estimate of drug-likeness (QED) is 0.782. The average molecular weight is 210 g/mol. The Morgan fingerprint density at radius 3 is 3.07 bits per heavy atom. The zero-order chi connectivity index (χ0) is 11.3. The van der Waals surface area contributed by atoms with Gasteiger partial charge >= 0.3 is 5.97 Å². The van der Waals surface area contributed by atoms with E-state index in [4.69, 9.17) is 5.11 Å². The van der Waals surface area contributed by atoms with Crippen LogP contribution in [0.1, 0.15) is 16.1 Å². The van der Waals surface area contributed by atoms with Gasteiger partial charge in [0.05, 0.1) is 11.3 Å². The molecule has 1 rings (SSSR count). The molecule has 1 aromatic heterocycles. The number of pyridine rings is 1. The molecule has 0 saturated carbocycles. The van der Waals surface area contributed by atoms with Crippen molar-refractivity contribution >= 4 is 12.0 Å². The minimum Gasteiger partial charge on any atom is -0.478 e. The van der Waals surface area contributed by atoms with Crippen molar-refractivity contribution in [1.82, 2.24) is 10.3 Å². The molecule has 5 heteroatoms. The lowest BCUT2D eigenvalue weighted by Gasteiger charge is -1.99. The molecule has 0 atom stereocenters. The van der Waals surface area contributed by atoms with Gasteiger partial charge in [0.15, 0.2) is 5.82 Å². The summed E-state index contributed by atoms with van der Waals surface area (Å²) >= 11 is 0. The zero-order valence-corrected chi connectivity index (χ0v) is 8.20. The molecule has 2 N–H and O–H groups in total. The number of halogens is 1. The zero-order valence-electron chi connectivity index (χ0n) is 8.20. The fourth-order valence-corrected chi connectivity index (χ4v) is 1.03. The van der Waals surface area contributed by atoms with Crippen LogP contribution in [-0.2, 0) is 0 Å². The highest BCUT2D eigenvalue weighted by molar-refractivity contribution is 5.88. The molecule has 80 valence electrons. The topological polar surface area (TPSA) is 62.2 Å². The van der Waals surface area contributed by atoms with Gasteiger partial charge in [-0.05, 0) is 19.2 Å².